The summed E-state index contributed by atoms with van der Waals surface area (Å²) in [5, 5.41) is 46.0. The zero-order chi connectivity index (χ0) is 36.8. The van der Waals surface area contributed by atoms with Crippen LogP contribution in [0.3, 0.4) is 0 Å². The summed E-state index contributed by atoms with van der Waals surface area (Å²) >= 11 is 0. The number of aldehydes is 1. The molecular weight excluding hydrogens is 664 g/mol. The van der Waals surface area contributed by atoms with E-state index in [9.17, 15) is 20.1 Å². The number of fused-ring (bicyclic) bond motifs is 1. The Hall–Kier alpha value is -5.53. The van der Waals surface area contributed by atoms with Crippen molar-refractivity contribution in [3.8, 4) is 17.2 Å². The van der Waals surface area contributed by atoms with Crippen LogP contribution in [-0.4, -0.2) is 65.5 Å². The van der Waals surface area contributed by atoms with E-state index in [1.165, 1.54) is 13.0 Å². The van der Waals surface area contributed by atoms with Gasteiger partial charge in [-0.3, -0.25) is 4.79 Å². The van der Waals surface area contributed by atoms with Gasteiger partial charge >= 0.3 is 0 Å². The second kappa shape index (κ2) is 18.6. The minimum absolute atomic E-state index is 0.105. The number of aromatic nitrogens is 1. The van der Waals surface area contributed by atoms with Crippen molar-refractivity contribution >= 4 is 17.9 Å². The molecule has 0 saturated heterocycles. The predicted octanol–water partition coefficient (Wildman–Crippen LogP) is 4.62. The quantitative estimate of drug-likeness (QED) is 0.0479. The Balaban J connectivity index is 0.00000168. The SMILES string of the molecule is CC=O.O=C1COc2c(C(O)CNCCc3ccc(OCCCNCc4cc(C(O)(c5ccccc5)c5ccccc5)no4)cc3)ccc(O)c2N1. The van der Waals surface area contributed by atoms with Gasteiger partial charge in [-0.2, -0.15) is 0 Å². The molecule has 2 heterocycles. The molecule has 1 unspecified atom stereocenters. The van der Waals surface area contributed by atoms with Crippen LogP contribution in [0.15, 0.2) is 108 Å². The molecule has 6 rings (SSSR count). The van der Waals surface area contributed by atoms with Crippen LogP contribution in [-0.2, 0) is 28.2 Å². The molecular formula is C40H44N4O8. The lowest BCUT2D eigenvalue weighted by atomic mass is 9.83. The molecule has 0 bridgehead atoms. The fourth-order valence-electron chi connectivity index (χ4n) is 5.76. The first-order valence-electron chi connectivity index (χ1n) is 17.1. The molecule has 1 aromatic heterocycles. The Morgan fingerprint density at radius 2 is 1.63 bits per heavy atom. The van der Waals surface area contributed by atoms with Crippen molar-refractivity contribution in [2.45, 2.75) is 38.0 Å². The Labute approximate surface area is 302 Å². The van der Waals surface area contributed by atoms with E-state index in [1.54, 1.807) is 12.1 Å². The Morgan fingerprint density at radius 3 is 2.31 bits per heavy atom. The van der Waals surface area contributed by atoms with Crippen molar-refractivity contribution in [1.29, 1.82) is 0 Å². The van der Waals surface area contributed by atoms with Gasteiger partial charge in [-0.1, -0.05) is 78.0 Å². The van der Waals surface area contributed by atoms with Crippen LogP contribution in [0.25, 0.3) is 0 Å². The normalized spacial score (nSPS) is 12.8. The molecule has 12 heteroatoms. The molecule has 1 atom stereocenters. The number of ether oxygens (including phenoxy) is 2. The first kappa shape index (κ1) is 37.7. The summed E-state index contributed by atoms with van der Waals surface area (Å²) in [6.45, 7) is 3.93. The van der Waals surface area contributed by atoms with Gasteiger partial charge in [-0.05, 0) is 73.8 Å². The molecule has 0 fully saturated rings. The van der Waals surface area contributed by atoms with Crippen LogP contribution in [0, 0.1) is 0 Å². The van der Waals surface area contributed by atoms with Gasteiger partial charge in [0.25, 0.3) is 5.91 Å². The molecule has 0 aliphatic carbocycles. The van der Waals surface area contributed by atoms with E-state index in [-0.39, 0.29) is 30.5 Å². The number of nitrogens with one attached hydrogen (secondary N) is 3. The first-order chi connectivity index (χ1) is 25.3. The van der Waals surface area contributed by atoms with Crippen molar-refractivity contribution < 1.29 is 38.9 Å². The first-order valence-corrected chi connectivity index (χ1v) is 17.1. The van der Waals surface area contributed by atoms with Gasteiger partial charge in [-0.25, -0.2) is 0 Å². The van der Waals surface area contributed by atoms with Gasteiger partial charge in [0.1, 0.15) is 29.2 Å². The van der Waals surface area contributed by atoms with Gasteiger partial charge in [-0.15, -0.1) is 0 Å². The number of nitrogens with zero attached hydrogens (tertiary/aromatic N) is 1. The van der Waals surface area contributed by atoms with Crippen molar-refractivity contribution in [2.24, 2.45) is 0 Å². The molecule has 12 nitrogen and oxygen atoms in total. The highest BCUT2D eigenvalue weighted by Crippen LogP contribution is 2.41. The number of aliphatic hydroxyl groups is 2. The molecule has 52 heavy (non-hydrogen) atoms. The predicted molar refractivity (Wildman–Crippen MR) is 195 cm³/mol. The molecule has 1 amide bonds. The molecule has 4 aromatic carbocycles. The molecule has 1 aliphatic rings. The highest BCUT2D eigenvalue weighted by atomic mass is 16.5. The van der Waals surface area contributed by atoms with Gasteiger partial charge < -0.3 is 50.1 Å². The summed E-state index contributed by atoms with van der Waals surface area (Å²) in [5.74, 6) is 1.25. The molecule has 0 spiro atoms. The van der Waals surface area contributed by atoms with Gasteiger partial charge in [0, 0.05) is 18.2 Å². The highest BCUT2D eigenvalue weighted by Gasteiger charge is 2.37. The monoisotopic (exact) mass is 708 g/mol. The Bertz CT molecular complexity index is 1830. The maximum atomic E-state index is 11.9. The summed E-state index contributed by atoms with van der Waals surface area (Å²) in [4.78, 5) is 20.4. The summed E-state index contributed by atoms with van der Waals surface area (Å²) in [7, 11) is 0. The van der Waals surface area contributed by atoms with Crippen LogP contribution >= 0.6 is 0 Å². The number of amides is 1. The number of aromatic hydroxyl groups is 1. The third kappa shape index (κ3) is 9.62. The maximum absolute atomic E-state index is 11.9. The zero-order valence-electron chi connectivity index (χ0n) is 29.0. The van der Waals surface area contributed by atoms with E-state index in [0.717, 1.165) is 30.4 Å². The average Bonchev–Trinajstić information content (AvgIpc) is 3.66. The molecule has 6 N–H and O–H groups in total. The number of aliphatic hydroxyl groups excluding tert-OH is 1. The van der Waals surface area contributed by atoms with Crippen LogP contribution in [0.5, 0.6) is 17.2 Å². The average molecular weight is 709 g/mol. The summed E-state index contributed by atoms with van der Waals surface area (Å²) in [5.41, 5.74) is 2.24. The van der Waals surface area contributed by atoms with Crippen molar-refractivity contribution in [3.05, 3.63) is 137 Å². The van der Waals surface area contributed by atoms with Crippen molar-refractivity contribution in [2.75, 3.05) is 38.2 Å². The number of hydrogen-bond acceptors (Lipinski definition) is 11. The summed E-state index contributed by atoms with van der Waals surface area (Å²) in [6, 6.07) is 31.7. The number of carbonyl (C=O) groups is 2. The fraction of sp³-hybridized carbons (Fsp3) is 0.275. The largest absolute Gasteiger partial charge is 0.506 e. The Morgan fingerprint density at radius 1 is 0.962 bits per heavy atom. The lowest BCUT2D eigenvalue weighted by Crippen LogP contribution is -2.29. The van der Waals surface area contributed by atoms with Crippen molar-refractivity contribution in [3.63, 3.8) is 0 Å². The van der Waals surface area contributed by atoms with E-state index >= 15 is 0 Å². The van der Waals surface area contributed by atoms with E-state index in [4.69, 9.17) is 18.8 Å². The standard InChI is InChI=1S/C38H40N4O7.C2H4O/c43-32-17-16-31(37-36(32)41-35(45)25-48-37)33(44)24-40-20-18-26-12-14-29(15-13-26)47-21-7-19-39-23-30-22-34(42-49-30)38(46,27-8-3-1-4-9-27)28-10-5-2-6-11-28;1-2-3/h1-6,8-17,22,33,39-40,43-44,46H,7,18-21,23-25H2,(H,41,45);2H,1H3. The topological polar surface area (TPSA) is 175 Å². The van der Waals surface area contributed by atoms with E-state index < -0.39 is 11.7 Å². The minimum atomic E-state index is -1.43. The summed E-state index contributed by atoms with van der Waals surface area (Å²) in [6.07, 6.45) is 1.42. The maximum Gasteiger partial charge on any atom is 0.262 e. The van der Waals surface area contributed by atoms with Gasteiger partial charge in [0.05, 0.1) is 19.3 Å². The number of carbonyl (C=O) groups excluding carboxylic acids is 2. The number of hydrogen-bond donors (Lipinski definition) is 6. The number of phenolic OH excluding ortho intramolecular Hbond substituents is 1. The van der Waals surface area contributed by atoms with Crippen LogP contribution < -0.4 is 25.4 Å². The molecule has 5 aromatic rings. The van der Waals surface area contributed by atoms with Crippen LogP contribution in [0.4, 0.5) is 5.69 Å². The second-order valence-corrected chi connectivity index (χ2v) is 12.1. The van der Waals surface area contributed by atoms with E-state index in [1.807, 2.05) is 84.9 Å². The third-order valence-corrected chi connectivity index (χ3v) is 8.37. The number of anilines is 1. The second-order valence-electron chi connectivity index (χ2n) is 12.1. The molecule has 1 aliphatic heterocycles. The summed E-state index contributed by atoms with van der Waals surface area (Å²) < 4.78 is 17.0. The molecule has 0 radical (unpaired) electrons. The lowest BCUT2D eigenvalue weighted by molar-refractivity contribution is -0.118. The molecule has 272 valence electrons. The lowest BCUT2D eigenvalue weighted by Gasteiger charge is -2.27. The van der Waals surface area contributed by atoms with Gasteiger partial charge in [0.2, 0.25) is 0 Å². The van der Waals surface area contributed by atoms with Crippen molar-refractivity contribution in [1.82, 2.24) is 15.8 Å². The van der Waals surface area contributed by atoms with Crippen LogP contribution in [0.2, 0.25) is 0 Å². The third-order valence-electron chi connectivity index (χ3n) is 8.37. The fourth-order valence-corrected chi connectivity index (χ4v) is 5.76. The number of rotatable bonds is 16. The zero-order valence-corrected chi connectivity index (χ0v) is 29.0. The van der Waals surface area contributed by atoms with Gasteiger partial charge in [0.15, 0.2) is 23.7 Å². The number of phenols is 1. The van der Waals surface area contributed by atoms with Crippen LogP contribution in [0.1, 0.15) is 53.2 Å². The number of benzene rings is 4. The Kier molecular flexibility index (Phi) is 13.5. The minimum Gasteiger partial charge on any atom is -0.506 e. The van der Waals surface area contributed by atoms with E-state index in [2.05, 4.69) is 21.1 Å². The highest BCUT2D eigenvalue weighted by molar-refractivity contribution is 5.97. The molecule has 0 saturated carbocycles. The smallest absolute Gasteiger partial charge is 0.262 e. The van der Waals surface area contributed by atoms with E-state index in [0.29, 0.717) is 60.1 Å².